The summed E-state index contributed by atoms with van der Waals surface area (Å²) < 4.78 is 26.9. The number of hydrogen-bond acceptors (Lipinski definition) is 3. The maximum Gasteiger partial charge on any atom is 0.240 e. The Labute approximate surface area is 126 Å². The van der Waals surface area contributed by atoms with E-state index in [-0.39, 0.29) is 16.7 Å². The second-order valence-corrected chi connectivity index (χ2v) is 7.34. The first kappa shape index (κ1) is 17.6. The highest BCUT2D eigenvalue weighted by Crippen LogP contribution is 2.14. The van der Waals surface area contributed by atoms with Crippen LogP contribution in [0.15, 0.2) is 29.2 Å². The van der Waals surface area contributed by atoms with Gasteiger partial charge < -0.3 is 10.2 Å². The van der Waals surface area contributed by atoms with Crippen LogP contribution in [0.25, 0.3) is 0 Å². The summed E-state index contributed by atoms with van der Waals surface area (Å²) in [5.74, 6) is 0.0622. The first-order valence-electron chi connectivity index (χ1n) is 6.87. The average molecular weight is 314 g/mol. The number of rotatable bonds is 7. The van der Waals surface area contributed by atoms with Crippen molar-refractivity contribution in [3.05, 3.63) is 24.3 Å². The molecule has 0 heterocycles. The third-order valence-electron chi connectivity index (χ3n) is 2.86. The van der Waals surface area contributed by atoms with Crippen molar-refractivity contribution in [2.24, 2.45) is 5.92 Å². The van der Waals surface area contributed by atoms with E-state index in [1.54, 1.807) is 12.1 Å². The molecule has 1 atom stereocenters. The molecule has 0 aromatic heterocycles. The van der Waals surface area contributed by atoms with Gasteiger partial charge in [-0.1, -0.05) is 6.92 Å². The zero-order valence-electron chi connectivity index (χ0n) is 12.9. The summed E-state index contributed by atoms with van der Waals surface area (Å²) in [6.07, 6.45) is 0. The minimum absolute atomic E-state index is 0.191. The lowest BCUT2D eigenvalue weighted by atomic mass is 10.2. The van der Waals surface area contributed by atoms with Crippen LogP contribution in [-0.2, 0) is 14.8 Å². The normalized spacial score (nSPS) is 13.2. The van der Waals surface area contributed by atoms with Crippen LogP contribution in [0.2, 0.25) is 0 Å². The van der Waals surface area contributed by atoms with E-state index < -0.39 is 10.0 Å². The van der Waals surface area contributed by atoms with Crippen molar-refractivity contribution in [3.8, 4) is 0 Å². The van der Waals surface area contributed by atoms with Gasteiger partial charge in [-0.2, -0.15) is 0 Å². The molecule has 0 aliphatic carbocycles. The number of carbonyl (C=O) groups excluding carboxylic acids is 1. The average Bonchev–Trinajstić information content (AvgIpc) is 2.36. The molecule has 1 amide bonds. The summed E-state index contributed by atoms with van der Waals surface area (Å²) in [5, 5.41) is 2.60. The van der Waals surface area contributed by atoms with E-state index >= 15 is 0 Å². The van der Waals surface area contributed by atoms with Crippen molar-refractivity contribution in [2.45, 2.75) is 18.7 Å². The Morgan fingerprint density at radius 1 is 1.24 bits per heavy atom. The summed E-state index contributed by atoms with van der Waals surface area (Å²) in [4.78, 5) is 12.4. The summed E-state index contributed by atoms with van der Waals surface area (Å²) in [5.41, 5.74) is 0.575. The Hall–Kier alpha value is -1.44. The number of anilines is 1. The van der Waals surface area contributed by atoms with Gasteiger partial charge in [0.15, 0.2) is 0 Å². The number of benzene rings is 1. The highest BCUT2D eigenvalue weighted by Gasteiger charge is 2.16. The minimum Gasteiger partial charge on any atom is -0.340 e. The smallest absolute Gasteiger partial charge is 0.240 e. The fourth-order valence-electron chi connectivity index (χ4n) is 2.03. The lowest BCUT2D eigenvalue weighted by Gasteiger charge is -2.15. The van der Waals surface area contributed by atoms with E-state index in [0.717, 1.165) is 6.54 Å². The molecule has 0 saturated carbocycles. The predicted molar refractivity (Wildman–Crippen MR) is 82.8 cm³/mol. The first-order valence-corrected chi connectivity index (χ1v) is 8.35. The van der Waals surface area contributed by atoms with Crippen LogP contribution in [0, 0.1) is 5.92 Å². The number of nitrogens with one attached hydrogen (secondary N) is 3. The van der Waals surface area contributed by atoms with Gasteiger partial charge in [0, 0.05) is 25.1 Å². The van der Waals surface area contributed by atoms with Gasteiger partial charge in [-0.3, -0.25) is 4.79 Å². The molecule has 0 fully saturated rings. The van der Waals surface area contributed by atoms with Crippen LogP contribution in [0.3, 0.4) is 0 Å². The van der Waals surface area contributed by atoms with Crippen molar-refractivity contribution in [1.82, 2.24) is 4.72 Å². The quantitative estimate of drug-likeness (QED) is 0.647. The molecule has 118 valence electrons. The topological polar surface area (TPSA) is 79.7 Å². The van der Waals surface area contributed by atoms with Crippen molar-refractivity contribution in [3.63, 3.8) is 0 Å². The Bertz CT molecular complexity index is 568. The van der Waals surface area contributed by atoms with Gasteiger partial charge in [-0.15, -0.1) is 0 Å². The van der Waals surface area contributed by atoms with Crippen LogP contribution in [0.4, 0.5) is 5.69 Å². The Balaban J connectivity index is 2.68. The highest BCUT2D eigenvalue weighted by molar-refractivity contribution is 7.89. The molecule has 0 aliphatic heterocycles. The zero-order chi connectivity index (χ0) is 16.0. The molecular formula is C14H24N3O3S+. The van der Waals surface area contributed by atoms with Crippen molar-refractivity contribution in [2.75, 3.05) is 32.5 Å². The SMILES string of the molecule is CC(=O)Nc1ccc(S(=O)(=O)NC[C@@H](C)C[NH+](C)C)cc1. The van der Waals surface area contributed by atoms with Crippen LogP contribution < -0.4 is 14.9 Å². The second-order valence-electron chi connectivity index (χ2n) is 5.57. The van der Waals surface area contributed by atoms with E-state index in [0.29, 0.717) is 12.2 Å². The van der Waals surface area contributed by atoms with Gasteiger partial charge in [0.2, 0.25) is 15.9 Å². The van der Waals surface area contributed by atoms with Gasteiger partial charge in [-0.25, -0.2) is 13.1 Å². The molecule has 0 spiro atoms. The minimum atomic E-state index is -3.51. The molecule has 7 heteroatoms. The molecule has 0 unspecified atom stereocenters. The third-order valence-corrected chi connectivity index (χ3v) is 4.30. The van der Waals surface area contributed by atoms with E-state index in [4.69, 9.17) is 0 Å². The maximum atomic E-state index is 12.2. The molecule has 0 bridgehead atoms. The van der Waals surface area contributed by atoms with Crippen LogP contribution in [-0.4, -0.2) is 41.5 Å². The molecule has 3 N–H and O–H groups in total. The molecule has 6 nitrogen and oxygen atoms in total. The molecule has 0 aliphatic rings. The monoisotopic (exact) mass is 314 g/mol. The van der Waals surface area contributed by atoms with Crippen molar-refractivity contribution >= 4 is 21.6 Å². The fourth-order valence-corrected chi connectivity index (χ4v) is 3.19. The van der Waals surface area contributed by atoms with Crippen molar-refractivity contribution in [1.29, 1.82) is 0 Å². The van der Waals surface area contributed by atoms with Crippen LogP contribution in [0.5, 0.6) is 0 Å². The van der Waals surface area contributed by atoms with E-state index in [1.807, 2.05) is 21.0 Å². The summed E-state index contributed by atoms with van der Waals surface area (Å²) in [6, 6.07) is 6.11. The lowest BCUT2D eigenvalue weighted by Crippen LogP contribution is -3.06. The van der Waals surface area contributed by atoms with Gasteiger partial charge >= 0.3 is 0 Å². The molecule has 1 aromatic carbocycles. The Kier molecular flexibility index (Phi) is 6.32. The summed E-state index contributed by atoms with van der Waals surface area (Å²) >= 11 is 0. The largest absolute Gasteiger partial charge is 0.340 e. The van der Waals surface area contributed by atoms with Gasteiger partial charge in [0.1, 0.15) is 0 Å². The molecule has 21 heavy (non-hydrogen) atoms. The Morgan fingerprint density at radius 3 is 2.29 bits per heavy atom. The standard InChI is InChI=1S/C14H23N3O3S/c1-11(10-17(3)4)9-15-21(19,20)14-7-5-13(6-8-14)16-12(2)18/h5-8,11,15H,9-10H2,1-4H3,(H,16,18)/p+1/t11-/m1/s1. The zero-order valence-corrected chi connectivity index (χ0v) is 13.8. The van der Waals surface area contributed by atoms with E-state index in [2.05, 4.69) is 10.0 Å². The van der Waals surface area contributed by atoms with Gasteiger partial charge in [0.05, 0.1) is 25.5 Å². The van der Waals surface area contributed by atoms with Gasteiger partial charge in [-0.05, 0) is 24.3 Å². The van der Waals surface area contributed by atoms with Crippen LogP contribution >= 0.6 is 0 Å². The van der Waals surface area contributed by atoms with E-state index in [1.165, 1.54) is 24.0 Å². The van der Waals surface area contributed by atoms with Crippen LogP contribution in [0.1, 0.15) is 13.8 Å². The van der Waals surface area contributed by atoms with Gasteiger partial charge in [0.25, 0.3) is 0 Å². The van der Waals surface area contributed by atoms with E-state index in [9.17, 15) is 13.2 Å². The molecular weight excluding hydrogens is 290 g/mol. The highest BCUT2D eigenvalue weighted by atomic mass is 32.2. The molecule has 1 rings (SSSR count). The fraction of sp³-hybridized carbons (Fsp3) is 0.500. The Morgan fingerprint density at radius 2 is 1.81 bits per heavy atom. The lowest BCUT2D eigenvalue weighted by molar-refractivity contribution is -0.861. The predicted octanol–water partition coefficient (Wildman–Crippen LogP) is -0.296. The summed E-state index contributed by atoms with van der Waals surface area (Å²) in [6.45, 7) is 4.71. The molecule has 1 aromatic rings. The maximum absolute atomic E-state index is 12.2. The third kappa shape index (κ3) is 6.24. The second kappa shape index (κ2) is 7.53. The molecule has 0 saturated heterocycles. The number of carbonyl (C=O) groups is 1. The number of hydrogen-bond donors (Lipinski definition) is 3. The number of sulfonamides is 1. The number of amides is 1. The summed E-state index contributed by atoms with van der Waals surface area (Å²) in [7, 11) is 0.559. The first-order chi connectivity index (χ1) is 9.70. The number of quaternary nitrogens is 1. The van der Waals surface area contributed by atoms with Crippen molar-refractivity contribution < 1.29 is 18.1 Å². The molecule has 0 radical (unpaired) electrons.